The van der Waals surface area contributed by atoms with Gasteiger partial charge in [0.15, 0.2) is 36.8 Å². The van der Waals surface area contributed by atoms with Gasteiger partial charge in [-0.3, -0.25) is 33.6 Å². The first kappa shape index (κ1) is 50.8. The number of esters is 7. The SMILES string of the molecule is CC(=O)OC[C@H]1O[C@@H](Cc2cc(-c3ccc(OCc4ccccc4)cc3)c(C#N)c(N)n2)[C@H](OC(C)=O)[C@@H](OC(C)=O)[C@@H]1O[C@@H]1O[C@H](COC(C)=O)[C@@H](OC(C)=O)[C@H](OC(C)=O)[C@H]1OC(C)=O. The number of carbonyl (C=O) groups is 7. The highest BCUT2D eigenvalue weighted by atomic mass is 16.8. The van der Waals surface area contributed by atoms with E-state index in [1.54, 1.807) is 30.3 Å². The van der Waals surface area contributed by atoms with Gasteiger partial charge in [0.05, 0.1) is 0 Å². The highest BCUT2D eigenvalue weighted by Crippen LogP contribution is 2.37. The molecule has 1 aromatic heterocycles. The van der Waals surface area contributed by atoms with Crippen LogP contribution in [0.15, 0.2) is 60.7 Å². The fourth-order valence-electron chi connectivity index (χ4n) is 7.51. The first-order chi connectivity index (χ1) is 31.8. The number of nitriles is 1. The van der Waals surface area contributed by atoms with Gasteiger partial charge in [0.25, 0.3) is 0 Å². The number of anilines is 1. The number of pyridine rings is 1. The summed E-state index contributed by atoms with van der Waals surface area (Å²) in [5.74, 6) is -5.60. The summed E-state index contributed by atoms with van der Waals surface area (Å²) >= 11 is 0. The van der Waals surface area contributed by atoms with E-state index in [2.05, 4.69) is 11.1 Å². The lowest BCUT2D eigenvalue weighted by atomic mass is 9.90. The molecule has 21 heteroatoms. The van der Waals surface area contributed by atoms with Crippen LogP contribution in [0.4, 0.5) is 5.82 Å². The molecular formula is C46H51N3O18. The van der Waals surface area contributed by atoms with Gasteiger partial charge in [0.2, 0.25) is 0 Å². The van der Waals surface area contributed by atoms with Crippen LogP contribution in [0.2, 0.25) is 0 Å². The lowest BCUT2D eigenvalue weighted by Crippen LogP contribution is -2.67. The Morgan fingerprint density at radius 1 is 0.612 bits per heavy atom. The van der Waals surface area contributed by atoms with Gasteiger partial charge in [-0.15, -0.1) is 0 Å². The van der Waals surface area contributed by atoms with E-state index in [1.165, 1.54) is 0 Å². The molecular weight excluding hydrogens is 883 g/mol. The van der Waals surface area contributed by atoms with Crippen LogP contribution in [0, 0.1) is 11.3 Å². The van der Waals surface area contributed by atoms with Crippen LogP contribution in [-0.2, 0) is 94.0 Å². The smallest absolute Gasteiger partial charge is 0.303 e. The molecule has 0 aliphatic carbocycles. The molecule has 2 aliphatic rings. The Balaban J connectivity index is 1.56. The van der Waals surface area contributed by atoms with Crippen molar-refractivity contribution in [3.8, 4) is 22.9 Å². The van der Waals surface area contributed by atoms with Crippen molar-refractivity contribution < 1.29 is 85.7 Å². The normalized spacial score (nSPS) is 24.4. The molecule has 5 rings (SSSR count). The van der Waals surface area contributed by atoms with Crippen molar-refractivity contribution in [2.75, 3.05) is 18.9 Å². The van der Waals surface area contributed by atoms with Crippen molar-refractivity contribution in [1.29, 1.82) is 5.26 Å². The standard InChI is InChI=1S/C46H51N3O18/c1-23(50)57-21-37-41(67-46-44(64-29(7)56)43(63-28(6)55)40(61-26(4)53)38(66-46)22-58-24(2)51)42(62-27(5)54)39(60-25(3)52)36(65-37)18-32-17-34(35(19-47)45(48)49-32)31-13-15-33(16-14-31)59-20-30-11-9-8-10-12-30/h8-17,36-44,46H,18,20-22H2,1-7H3,(H2,48,49)/t36-,37+,38+,39-,40+,41+,42+,43-,44+,46-/m0/s1. The van der Waals surface area contributed by atoms with E-state index in [0.717, 1.165) is 54.0 Å². The maximum Gasteiger partial charge on any atom is 0.303 e. The van der Waals surface area contributed by atoms with E-state index < -0.39 is 116 Å². The van der Waals surface area contributed by atoms with Gasteiger partial charge in [-0.2, -0.15) is 5.26 Å². The van der Waals surface area contributed by atoms with Gasteiger partial charge in [0.1, 0.15) is 67.4 Å². The van der Waals surface area contributed by atoms with Crippen LogP contribution in [0.25, 0.3) is 11.1 Å². The Kier molecular flexibility index (Phi) is 17.7. The number of aromatic nitrogens is 1. The number of carbonyl (C=O) groups excluding carboxylic acids is 7. The number of nitrogens with zero attached hydrogens (tertiary/aromatic N) is 2. The molecule has 0 amide bonds. The Bertz CT molecular complexity index is 2320. The maximum absolute atomic E-state index is 12.9. The zero-order valence-corrected chi connectivity index (χ0v) is 37.7. The lowest BCUT2D eigenvalue weighted by molar-refractivity contribution is -0.345. The largest absolute Gasteiger partial charge is 0.489 e. The fourth-order valence-corrected chi connectivity index (χ4v) is 7.51. The molecule has 0 saturated carbocycles. The summed E-state index contributed by atoms with van der Waals surface area (Å²) < 4.78 is 63.8. The highest BCUT2D eigenvalue weighted by Gasteiger charge is 2.57. The summed E-state index contributed by atoms with van der Waals surface area (Å²) in [5, 5.41) is 10.2. The number of nitrogens with two attached hydrogens (primary N) is 1. The van der Waals surface area contributed by atoms with E-state index in [9.17, 15) is 38.8 Å². The van der Waals surface area contributed by atoms with Crippen molar-refractivity contribution >= 4 is 47.6 Å². The minimum atomic E-state index is -1.85. The highest BCUT2D eigenvalue weighted by molar-refractivity contribution is 5.76. The molecule has 0 bridgehead atoms. The Morgan fingerprint density at radius 2 is 1.10 bits per heavy atom. The predicted octanol–water partition coefficient (Wildman–Crippen LogP) is 2.99. The first-order valence-electron chi connectivity index (χ1n) is 20.9. The van der Waals surface area contributed by atoms with Crippen LogP contribution in [-0.4, -0.2) is 121 Å². The molecule has 2 aliphatic heterocycles. The molecule has 3 aromatic rings. The molecule has 2 saturated heterocycles. The van der Waals surface area contributed by atoms with Gasteiger partial charge >= 0.3 is 41.8 Å². The summed E-state index contributed by atoms with van der Waals surface area (Å²) in [6.07, 6.45) is -16.0. The number of rotatable bonds is 17. The monoisotopic (exact) mass is 933 g/mol. The fraction of sp³-hybridized carbons (Fsp3) is 0.457. The predicted molar refractivity (Wildman–Crippen MR) is 227 cm³/mol. The zero-order valence-electron chi connectivity index (χ0n) is 37.7. The third kappa shape index (κ3) is 14.2. The van der Waals surface area contributed by atoms with Crippen LogP contribution >= 0.6 is 0 Å². The summed E-state index contributed by atoms with van der Waals surface area (Å²) in [7, 11) is 0. The van der Waals surface area contributed by atoms with Gasteiger partial charge in [-0.05, 0) is 29.3 Å². The van der Waals surface area contributed by atoms with E-state index >= 15 is 0 Å². The van der Waals surface area contributed by atoms with Crippen molar-refractivity contribution in [1.82, 2.24) is 4.98 Å². The van der Waals surface area contributed by atoms with Gasteiger partial charge < -0.3 is 57.8 Å². The molecule has 0 radical (unpaired) electrons. The minimum Gasteiger partial charge on any atom is -0.489 e. The second-order valence-corrected chi connectivity index (χ2v) is 15.4. The molecule has 2 N–H and O–H groups in total. The molecule has 2 aromatic carbocycles. The van der Waals surface area contributed by atoms with E-state index in [-0.39, 0.29) is 23.5 Å². The second-order valence-electron chi connectivity index (χ2n) is 15.4. The number of hydrogen-bond acceptors (Lipinski definition) is 21. The summed E-state index contributed by atoms with van der Waals surface area (Å²) in [4.78, 5) is 91.9. The molecule has 2 fully saturated rings. The van der Waals surface area contributed by atoms with E-state index in [1.807, 2.05) is 30.3 Å². The number of nitrogen functional groups attached to an aromatic ring is 1. The molecule has 358 valence electrons. The van der Waals surface area contributed by atoms with Crippen LogP contribution in [0.3, 0.4) is 0 Å². The summed E-state index contributed by atoms with van der Waals surface area (Å²) in [5.41, 5.74) is 8.58. The first-order valence-corrected chi connectivity index (χ1v) is 20.9. The second kappa shape index (κ2) is 23.3. The van der Waals surface area contributed by atoms with E-state index in [4.69, 9.17) is 57.8 Å². The molecule has 10 atom stereocenters. The quantitative estimate of drug-likeness (QED) is 0.150. The molecule has 21 nitrogen and oxygen atoms in total. The van der Waals surface area contributed by atoms with Crippen LogP contribution in [0.1, 0.15) is 65.3 Å². The Morgan fingerprint density at radius 3 is 1.63 bits per heavy atom. The minimum absolute atomic E-state index is 0.0617. The number of benzene rings is 2. The average Bonchev–Trinajstić information content (AvgIpc) is 3.25. The van der Waals surface area contributed by atoms with Gasteiger partial charge in [0, 0.05) is 66.1 Å². The van der Waals surface area contributed by atoms with Gasteiger partial charge in [-0.1, -0.05) is 42.5 Å². The van der Waals surface area contributed by atoms with Crippen molar-refractivity contribution in [3.63, 3.8) is 0 Å². The molecule has 0 unspecified atom stereocenters. The van der Waals surface area contributed by atoms with Crippen LogP contribution < -0.4 is 10.5 Å². The zero-order chi connectivity index (χ0) is 48.9. The van der Waals surface area contributed by atoms with E-state index in [0.29, 0.717) is 23.5 Å². The van der Waals surface area contributed by atoms with Crippen molar-refractivity contribution in [3.05, 3.63) is 77.5 Å². The Hall–Kier alpha value is -7.15. The number of ether oxygens (including phenoxy) is 11. The lowest BCUT2D eigenvalue weighted by Gasteiger charge is -2.49. The van der Waals surface area contributed by atoms with Crippen molar-refractivity contribution in [2.24, 2.45) is 0 Å². The van der Waals surface area contributed by atoms with Crippen molar-refractivity contribution in [2.45, 2.75) is 123 Å². The summed E-state index contributed by atoms with van der Waals surface area (Å²) in [6, 6.07) is 20.2. The third-order valence-corrected chi connectivity index (χ3v) is 10.1. The van der Waals surface area contributed by atoms with Crippen LogP contribution in [0.5, 0.6) is 5.75 Å². The molecule has 0 spiro atoms. The van der Waals surface area contributed by atoms with Gasteiger partial charge in [-0.25, -0.2) is 4.98 Å². The third-order valence-electron chi connectivity index (χ3n) is 10.1. The topological polar surface area (TPSA) is 284 Å². The molecule has 67 heavy (non-hydrogen) atoms. The maximum atomic E-state index is 12.9. The Labute approximate surface area is 384 Å². The number of hydrogen-bond donors (Lipinski definition) is 1. The molecule has 3 heterocycles. The average molecular weight is 934 g/mol. The summed E-state index contributed by atoms with van der Waals surface area (Å²) in [6.45, 7) is 6.61.